The molecule has 13 heavy (non-hydrogen) atoms. The highest BCUT2D eigenvalue weighted by Crippen LogP contribution is 2.39. The predicted octanol–water partition coefficient (Wildman–Crippen LogP) is 1.59. The Kier molecular flexibility index (Phi) is 2.34. The lowest BCUT2D eigenvalue weighted by molar-refractivity contribution is 0.281. The summed E-state index contributed by atoms with van der Waals surface area (Å²) in [6.45, 7) is 0.102. The number of rotatable bonds is 3. The normalized spacial score (nSPS) is 18.6. The quantitative estimate of drug-likeness (QED) is 0.736. The highest BCUT2D eigenvalue weighted by atomic mass is 16.3. The number of nitrogens with two attached hydrogens (primary N) is 1. The Morgan fingerprint density at radius 3 is 2.85 bits per heavy atom. The van der Waals surface area contributed by atoms with Crippen LogP contribution in [0.15, 0.2) is 24.3 Å². The van der Waals surface area contributed by atoms with Crippen LogP contribution in [0, 0.1) is 5.92 Å². The summed E-state index contributed by atoms with van der Waals surface area (Å²) in [4.78, 5) is 0. The van der Waals surface area contributed by atoms with E-state index in [9.17, 15) is 0 Å². The van der Waals surface area contributed by atoms with Gasteiger partial charge in [0.25, 0.3) is 0 Å². The summed E-state index contributed by atoms with van der Waals surface area (Å²) in [6, 6.07) is 8.10. The van der Waals surface area contributed by atoms with E-state index in [2.05, 4.69) is 0 Å². The van der Waals surface area contributed by atoms with E-state index in [0.29, 0.717) is 5.92 Å². The van der Waals surface area contributed by atoms with Crippen LogP contribution in [-0.4, -0.2) is 5.11 Å². The lowest BCUT2D eigenvalue weighted by Crippen LogP contribution is -2.12. The molecule has 0 radical (unpaired) electrons. The van der Waals surface area contributed by atoms with Crippen molar-refractivity contribution in [3.63, 3.8) is 0 Å². The number of hydrogen-bond donors (Lipinski definition) is 2. The molecule has 70 valence electrons. The van der Waals surface area contributed by atoms with Crippen molar-refractivity contribution in [2.75, 3.05) is 0 Å². The van der Waals surface area contributed by atoms with Crippen molar-refractivity contribution in [1.29, 1.82) is 0 Å². The number of benzene rings is 1. The van der Waals surface area contributed by atoms with E-state index in [1.165, 1.54) is 12.8 Å². The molecule has 0 bridgehead atoms. The first-order valence-corrected chi connectivity index (χ1v) is 4.76. The van der Waals surface area contributed by atoms with Crippen LogP contribution >= 0.6 is 0 Å². The van der Waals surface area contributed by atoms with E-state index >= 15 is 0 Å². The fourth-order valence-electron chi connectivity index (χ4n) is 1.63. The molecule has 0 amide bonds. The average molecular weight is 177 g/mol. The largest absolute Gasteiger partial charge is 0.392 e. The van der Waals surface area contributed by atoms with E-state index in [0.717, 1.165) is 11.1 Å². The Morgan fingerprint density at radius 1 is 1.46 bits per heavy atom. The first kappa shape index (κ1) is 8.73. The third-order valence-corrected chi connectivity index (χ3v) is 2.65. The Hall–Kier alpha value is -0.860. The van der Waals surface area contributed by atoms with Gasteiger partial charge in [-0.05, 0) is 29.9 Å². The second kappa shape index (κ2) is 3.48. The Morgan fingerprint density at radius 2 is 2.23 bits per heavy atom. The molecule has 1 aliphatic carbocycles. The van der Waals surface area contributed by atoms with Crippen molar-refractivity contribution in [3.8, 4) is 0 Å². The molecule has 1 aromatic rings. The monoisotopic (exact) mass is 177 g/mol. The van der Waals surface area contributed by atoms with Gasteiger partial charge in [-0.25, -0.2) is 0 Å². The van der Waals surface area contributed by atoms with Crippen molar-refractivity contribution in [1.82, 2.24) is 0 Å². The zero-order valence-corrected chi connectivity index (χ0v) is 7.61. The summed E-state index contributed by atoms with van der Waals surface area (Å²) >= 11 is 0. The summed E-state index contributed by atoms with van der Waals surface area (Å²) in [6.07, 6.45) is 2.51. The van der Waals surface area contributed by atoms with Gasteiger partial charge in [0.1, 0.15) is 0 Å². The maximum absolute atomic E-state index is 8.96. The Labute approximate surface area is 78.4 Å². The lowest BCUT2D eigenvalue weighted by Gasteiger charge is -2.11. The Bertz CT molecular complexity index is 294. The van der Waals surface area contributed by atoms with Gasteiger partial charge in [0.15, 0.2) is 0 Å². The maximum Gasteiger partial charge on any atom is 0.0681 e. The van der Waals surface area contributed by atoms with E-state index < -0.39 is 0 Å². The third-order valence-electron chi connectivity index (χ3n) is 2.65. The van der Waals surface area contributed by atoms with Crippen LogP contribution in [0.5, 0.6) is 0 Å². The fraction of sp³-hybridized carbons (Fsp3) is 0.455. The third kappa shape index (κ3) is 1.90. The zero-order valence-electron chi connectivity index (χ0n) is 7.61. The molecule has 0 heterocycles. The van der Waals surface area contributed by atoms with Crippen molar-refractivity contribution in [2.45, 2.75) is 25.5 Å². The van der Waals surface area contributed by atoms with E-state index in [1.807, 2.05) is 24.3 Å². The van der Waals surface area contributed by atoms with Crippen LogP contribution in [0.4, 0.5) is 0 Å². The van der Waals surface area contributed by atoms with Crippen LogP contribution in [0.3, 0.4) is 0 Å². The first-order chi connectivity index (χ1) is 6.31. The molecule has 2 nitrogen and oxygen atoms in total. The van der Waals surface area contributed by atoms with Crippen LogP contribution in [0.2, 0.25) is 0 Å². The molecule has 1 aromatic carbocycles. The SMILES string of the molecule is NC(c1cccc(CO)c1)C1CC1. The van der Waals surface area contributed by atoms with Gasteiger partial charge in [-0.2, -0.15) is 0 Å². The summed E-state index contributed by atoms with van der Waals surface area (Å²) in [5.74, 6) is 0.675. The summed E-state index contributed by atoms with van der Waals surface area (Å²) < 4.78 is 0. The molecule has 0 saturated heterocycles. The fourth-order valence-corrected chi connectivity index (χ4v) is 1.63. The van der Waals surface area contributed by atoms with Crippen molar-refractivity contribution >= 4 is 0 Å². The highest BCUT2D eigenvalue weighted by Gasteiger charge is 2.29. The van der Waals surface area contributed by atoms with Crippen molar-refractivity contribution in [3.05, 3.63) is 35.4 Å². The van der Waals surface area contributed by atoms with Gasteiger partial charge < -0.3 is 10.8 Å². The molecular weight excluding hydrogens is 162 g/mol. The van der Waals surface area contributed by atoms with Crippen molar-refractivity contribution in [2.24, 2.45) is 11.7 Å². The van der Waals surface area contributed by atoms with Crippen LogP contribution in [0.1, 0.15) is 30.0 Å². The number of aliphatic hydroxyl groups is 1. The molecule has 1 unspecified atom stereocenters. The molecule has 1 fully saturated rings. The van der Waals surface area contributed by atoms with E-state index in [1.54, 1.807) is 0 Å². The van der Waals surface area contributed by atoms with Gasteiger partial charge in [-0.15, -0.1) is 0 Å². The minimum atomic E-state index is 0.102. The van der Waals surface area contributed by atoms with Crippen LogP contribution in [0.25, 0.3) is 0 Å². The summed E-state index contributed by atoms with van der Waals surface area (Å²) in [7, 11) is 0. The van der Waals surface area contributed by atoms with Crippen LogP contribution < -0.4 is 5.73 Å². The first-order valence-electron chi connectivity index (χ1n) is 4.76. The molecule has 2 rings (SSSR count). The summed E-state index contributed by atoms with van der Waals surface area (Å²) in [5.41, 5.74) is 8.16. The van der Waals surface area contributed by atoms with Crippen molar-refractivity contribution < 1.29 is 5.11 Å². The van der Waals surface area contributed by atoms with E-state index in [-0.39, 0.29) is 12.6 Å². The molecule has 0 spiro atoms. The molecular formula is C11H15NO. The Balaban J connectivity index is 2.18. The second-order valence-corrected chi connectivity index (χ2v) is 3.77. The van der Waals surface area contributed by atoms with Gasteiger partial charge in [-0.3, -0.25) is 0 Å². The second-order valence-electron chi connectivity index (χ2n) is 3.77. The maximum atomic E-state index is 8.96. The van der Waals surface area contributed by atoms with Gasteiger partial charge in [0.2, 0.25) is 0 Å². The highest BCUT2D eigenvalue weighted by molar-refractivity contribution is 5.26. The number of aliphatic hydroxyl groups excluding tert-OH is 1. The molecule has 0 aromatic heterocycles. The summed E-state index contributed by atoms with van der Waals surface area (Å²) in [5, 5.41) is 8.96. The average Bonchev–Trinajstić information content (AvgIpc) is 3.00. The van der Waals surface area contributed by atoms with Gasteiger partial charge in [-0.1, -0.05) is 24.3 Å². The number of hydrogen-bond acceptors (Lipinski definition) is 2. The van der Waals surface area contributed by atoms with Gasteiger partial charge in [0.05, 0.1) is 6.61 Å². The molecule has 1 atom stereocenters. The van der Waals surface area contributed by atoms with Gasteiger partial charge in [0, 0.05) is 6.04 Å². The molecule has 0 aliphatic heterocycles. The predicted molar refractivity (Wildman–Crippen MR) is 52.0 cm³/mol. The molecule has 3 N–H and O–H groups in total. The topological polar surface area (TPSA) is 46.2 Å². The molecule has 1 aliphatic rings. The standard InChI is InChI=1S/C11H15NO/c12-11(9-4-5-9)10-3-1-2-8(6-10)7-13/h1-3,6,9,11,13H,4-5,7,12H2. The van der Waals surface area contributed by atoms with E-state index in [4.69, 9.17) is 10.8 Å². The zero-order chi connectivity index (χ0) is 9.26. The lowest BCUT2D eigenvalue weighted by atomic mass is 10.0. The van der Waals surface area contributed by atoms with Crippen LogP contribution in [-0.2, 0) is 6.61 Å². The molecule has 2 heteroatoms. The minimum absolute atomic E-state index is 0.102. The smallest absolute Gasteiger partial charge is 0.0681 e. The minimum Gasteiger partial charge on any atom is -0.392 e. The van der Waals surface area contributed by atoms with Gasteiger partial charge >= 0.3 is 0 Å². The molecule has 1 saturated carbocycles.